The molecule has 0 radical (unpaired) electrons. The third-order valence-corrected chi connectivity index (χ3v) is 3.34. The Morgan fingerprint density at radius 1 is 1.50 bits per heavy atom. The maximum Gasteiger partial charge on any atom is 0.128 e. The van der Waals surface area contributed by atoms with Gasteiger partial charge in [-0.15, -0.1) is 0 Å². The molecule has 3 nitrogen and oxygen atoms in total. The van der Waals surface area contributed by atoms with E-state index in [1.54, 1.807) is 6.92 Å². The summed E-state index contributed by atoms with van der Waals surface area (Å²) in [6.45, 7) is 4.16. The first-order valence-corrected chi connectivity index (χ1v) is 5.71. The van der Waals surface area contributed by atoms with Crippen LogP contribution in [0.4, 0.5) is 0 Å². The highest BCUT2D eigenvalue weighted by atomic mass is 16.5. The van der Waals surface area contributed by atoms with Crippen molar-refractivity contribution in [1.82, 2.24) is 0 Å². The quantitative estimate of drug-likeness (QED) is 0.820. The summed E-state index contributed by atoms with van der Waals surface area (Å²) in [6, 6.07) is 5.72. The van der Waals surface area contributed by atoms with Gasteiger partial charge in [0.15, 0.2) is 0 Å². The van der Waals surface area contributed by atoms with Crippen LogP contribution in [0.25, 0.3) is 0 Å². The Hall–Kier alpha value is -1.06. The molecule has 2 rings (SSSR count). The molecule has 1 aromatic carbocycles. The monoisotopic (exact) mass is 222 g/mol. The molecular formula is C13H18O3. The molecule has 0 saturated carbocycles. The number of aliphatic hydroxyl groups is 2. The lowest BCUT2D eigenvalue weighted by atomic mass is 9.89. The molecule has 0 spiro atoms. The Bertz CT molecular complexity index is 385. The van der Waals surface area contributed by atoms with Gasteiger partial charge in [-0.1, -0.05) is 25.1 Å². The maximum absolute atomic E-state index is 10.2. The van der Waals surface area contributed by atoms with Gasteiger partial charge in [-0.3, -0.25) is 0 Å². The van der Waals surface area contributed by atoms with Crippen LogP contribution in [0.15, 0.2) is 18.2 Å². The molecule has 1 aliphatic rings. The van der Waals surface area contributed by atoms with Crippen molar-refractivity contribution in [3.05, 3.63) is 29.3 Å². The van der Waals surface area contributed by atoms with Crippen molar-refractivity contribution in [2.45, 2.75) is 38.4 Å². The van der Waals surface area contributed by atoms with Crippen molar-refractivity contribution in [2.24, 2.45) is 0 Å². The summed E-state index contributed by atoms with van der Waals surface area (Å²) in [7, 11) is 0. The molecule has 16 heavy (non-hydrogen) atoms. The zero-order valence-corrected chi connectivity index (χ0v) is 9.73. The first-order chi connectivity index (χ1) is 7.56. The van der Waals surface area contributed by atoms with E-state index in [0.717, 1.165) is 17.7 Å². The molecule has 0 amide bonds. The van der Waals surface area contributed by atoms with Crippen LogP contribution in [-0.4, -0.2) is 22.4 Å². The number of rotatable bonds is 3. The van der Waals surface area contributed by atoms with E-state index in [9.17, 15) is 10.2 Å². The summed E-state index contributed by atoms with van der Waals surface area (Å²) >= 11 is 0. The smallest absolute Gasteiger partial charge is 0.128 e. The van der Waals surface area contributed by atoms with E-state index < -0.39 is 11.7 Å². The van der Waals surface area contributed by atoms with Gasteiger partial charge >= 0.3 is 0 Å². The fourth-order valence-electron chi connectivity index (χ4n) is 1.98. The van der Waals surface area contributed by atoms with Gasteiger partial charge in [-0.05, 0) is 18.9 Å². The van der Waals surface area contributed by atoms with E-state index in [4.69, 9.17) is 4.74 Å². The largest absolute Gasteiger partial charge is 0.493 e. The number of ether oxygens (including phenoxy) is 1. The third kappa shape index (κ3) is 1.81. The SMILES string of the molecule is CCC(C)(O)C(O)c1cccc2c1OCC2. The lowest BCUT2D eigenvalue weighted by Crippen LogP contribution is -2.32. The van der Waals surface area contributed by atoms with Gasteiger partial charge < -0.3 is 14.9 Å². The molecule has 0 saturated heterocycles. The molecule has 2 N–H and O–H groups in total. The van der Waals surface area contributed by atoms with E-state index in [1.165, 1.54) is 0 Å². The topological polar surface area (TPSA) is 49.7 Å². The Morgan fingerprint density at radius 3 is 2.94 bits per heavy atom. The standard InChI is InChI=1S/C13H18O3/c1-3-13(2,15)12(14)10-6-4-5-9-7-8-16-11(9)10/h4-6,12,14-15H,3,7-8H2,1-2H3. The maximum atomic E-state index is 10.2. The van der Waals surface area contributed by atoms with Crippen LogP contribution < -0.4 is 4.74 Å². The van der Waals surface area contributed by atoms with Crippen molar-refractivity contribution in [1.29, 1.82) is 0 Å². The van der Waals surface area contributed by atoms with Crippen LogP contribution in [0.5, 0.6) is 5.75 Å². The Labute approximate surface area is 95.7 Å². The molecule has 1 aromatic rings. The van der Waals surface area contributed by atoms with E-state index in [1.807, 2.05) is 25.1 Å². The van der Waals surface area contributed by atoms with Gasteiger partial charge in [0.25, 0.3) is 0 Å². The van der Waals surface area contributed by atoms with E-state index in [2.05, 4.69) is 0 Å². The minimum absolute atomic E-state index is 0.498. The predicted octanol–water partition coefficient (Wildman–Crippen LogP) is 1.82. The summed E-state index contributed by atoms with van der Waals surface area (Å²) in [6.07, 6.45) is 0.479. The molecule has 2 atom stereocenters. The van der Waals surface area contributed by atoms with Crippen LogP contribution in [0.1, 0.15) is 37.5 Å². The Balaban J connectivity index is 2.38. The molecule has 0 bridgehead atoms. The predicted molar refractivity (Wildman–Crippen MR) is 61.5 cm³/mol. The lowest BCUT2D eigenvalue weighted by Gasteiger charge is -2.28. The average Bonchev–Trinajstić information content (AvgIpc) is 2.75. The van der Waals surface area contributed by atoms with Gasteiger partial charge in [0.2, 0.25) is 0 Å². The molecule has 1 aliphatic heterocycles. The molecule has 3 heteroatoms. The van der Waals surface area contributed by atoms with Crippen LogP contribution in [-0.2, 0) is 6.42 Å². The number of benzene rings is 1. The van der Waals surface area contributed by atoms with Crippen LogP contribution >= 0.6 is 0 Å². The molecular weight excluding hydrogens is 204 g/mol. The highest BCUT2D eigenvalue weighted by molar-refractivity contribution is 5.45. The molecule has 88 valence electrons. The second kappa shape index (κ2) is 4.07. The Kier molecular flexibility index (Phi) is 2.91. The van der Waals surface area contributed by atoms with Crippen LogP contribution in [0.3, 0.4) is 0 Å². The fraction of sp³-hybridized carbons (Fsp3) is 0.538. The Morgan fingerprint density at radius 2 is 2.25 bits per heavy atom. The molecule has 0 aliphatic carbocycles. The van der Waals surface area contributed by atoms with Crippen molar-refractivity contribution in [3.8, 4) is 5.75 Å². The number of fused-ring (bicyclic) bond motifs is 1. The lowest BCUT2D eigenvalue weighted by molar-refractivity contribution is -0.0666. The number of hydrogen-bond donors (Lipinski definition) is 2. The number of hydrogen-bond acceptors (Lipinski definition) is 3. The summed E-state index contributed by atoms with van der Waals surface area (Å²) in [5, 5.41) is 20.3. The third-order valence-electron chi connectivity index (χ3n) is 3.34. The zero-order valence-electron chi connectivity index (χ0n) is 9.73. The van der Waals surface area contributed by atoms with E-state index in [-0.39, 0.29) is 0 Å². The first-order valence-electron chi connectivity index (χ1n) is 5.71. The molecule has 1 heterocycles. The van der Waals surface area contributed by atoms with Crippen molar-refractivity contribution in [2.75, 3.05) is 6.61 Å². The van der Waals surface area contributed by atoms with Gasteiger partial charge in [0, 0.05) is 12.0 Å². The normalized spacial score (nSPS) is 19.8. The fourth-order valence-corrected chi connectivity index (χ4v) is 1.98. The van der Waals surface area contributed by atoms with Crippen molar-refractivity contribution < 1.29 is 14.9 Å². The van der Waals surface area contributed by atoms with Gasteiger partial charge in [-0.2, -0.15) is 0 Å². The first kappa shape index (κ1) is 11.4. The zero-order chi connectivity index (χ0) is 11.8. The summed E-state index contributed by atoms with van der Waals surface area (Å²) in [4.78, 5) is 0. The van der Waals surface area contributed by atoms with E-state index in [0.29, 0.717) is 18.6 Å². The van der Waals surface area contributed by atoms with Crippen molar-refractivity contribution in [3.63, 3.8) is 0 Å². The average molecular weight is 222 g/mol. The van der Waals surface area contributed by atoms with E-state index >= 15 is 0 Å². The minimum atomic E-state index is -1.11. The van der Waals surface area contributed by atoms with Gasteiger partial charge in [0.05, 0.1) is 12.2 Å². The van der Waals surface area contributed by atoms with Crippen LogP contribution in [0.2, 0.25) is 0 Å². The molecule has 2 unspecified atom stereocenters. The minimum Gasteiger partial charge on any atom is -0.493 e. The summed E-state index contributed by atoms with van der Waals surface area (Å²) < 4.78 is 5.52. The highest BCUT2D eigenvalue weighted by Crippen LogP contribution is 2.38. The second-order valence-corrected chi connectivity index (χ2v) is 4.55. The summed E-state index contributed by atoms with van der Waals surface area (Å²) in [5.41, 5.74) is 0.700. The van der Waals surface area contributed by atoms with Crippen LogP contribution in [0, 0.1) is 0 Å². The van der Waals surface area contributed by atoms with Gasteiger partial charge in [-0.25, -0.2) is 0 Å². The summed E-state index contributed by atoms with van der Waals surface area (Å²) in [5.74, 6) is 0.753. The molecule has 0 aromatic heterocycles. The highest BCUT2D eigenvalue weighted by Gasteiger charge is 2.33. The van der Waals surface area contributed by atoms with Crippen molar-refractivity contribution >= 4 is 0 Å². The number of para-hydroxylation sites is 1. The number of aliphatic hydroxyl groups excluding tert-OH is 1. The molecule has 0 fully saturated rings. The van der Waals surface area contributed by atoms with Gasteiger partial charge in [0.1, 0.15) is 11.9 Å². The second-order valence-electron chi connectivity index (χ2n) is 4.55.